The highest BCUT2D eigenvalue weighted by atomic mass is 79.9. The van der Waals surface area contributed by atoms with E-state index in [4.69, 9.17) is 9.47 Å². The molecular weight excluding hydrogens is 620 g/mol. The fourth-order valence-corrected chi connectivity index (χ4v) is 4.80. The summed E-state index contributed by atoms with van der Waals surface area (Å²) in [6, 6.07) is 20.1. The summed E-state index contributed by atoms with van der Waals surface area (Å²) < 4.78 is 16.0. The van der Waals surface area contributed by atoms with E-state index >= 15 is 0 Å². The van der Waals surface area contributed by atoms with Gasteiger partial charge < -0.3 is 24.6 Å². The first-order valence-corrected chi connectivity index (χ1v) is 15.3. The number of aliphatic hydroxyl groups excluding tert-OH is 1. The van der Waals surface area contributed by atoms with E-state index in [1.54, 1.807) is 13.8 Å². The minimum absolute atomic E-state index is 0. The number of aliphatic hydroxyl groups is 1. The van der Waals surface area contributed by atoms with E-state index < -0.39 is 4.32 Å². The van der Waals surface area contributed by atoms with Crippen LogP contribution >= 0.6 is 28.3 Å². The van der Waals surface area contributed by atoms with Crippen LogP contribution in [0.5, 0.6) is 11.5 Å². The first kappa shape index (κ1) is 38.2. The summed E-state index contributed by atoms with van der Waals surface area (Å²) in [5.41, 5.74) is -0.204. The van der Waals surface area contributed by atoms with Gasteiger partial charge in [0, 0.05) is 18.6 Å². The summed E-state index contributed by atoms with van der Waals surface area (Å²) in [5, 5.41) is 12.8. The van der Waals surface area contributed by atoms with Gasteiger partial charge in [-0.1, -0.05) is 52.3 Å². The molecule has 0 aliphatic carbocycles. The number of benzene rings is 2. The molecule has 0 radical (unpaired) electrons. The molecule has 9 heteroatoms. The number of carbonyl (C=O) groups excluding carboxylic acids is 1. The Hall–Kier alpha value is -1.84. The number of para-hydroxylation sites is 2. The highest BCUT2D eigenvalue weighted by Crippen LogP contribution is 2.31. The Bertz CT molecular complexity index is 1020. The molecule has 0 saturated carbocycles. The maximum absolute atomic E-state index is 10.6. The lowest BCUT2D eigenvalue weighted by atomic mass is 9.90. The van der Waals surface area contributed by atoms with Crippen molar-refractivity contribution in [2.24, 2.45) is 0 Å². The molecule has 0 atom stereocenters. The molecule has 2 N–H and O–H groups in total. The van der Waals surface area contributed by atoms with Crippen molar-refractivity contribution in [2.45, 2.75) is 88.3 Å². The molecular formula is C33H52BrClN2O5. The number of nitrogens with zero attached hydrogens (tertiary/aromatic N) is 1. The molecule has 238 valence electrons. The van der Waals surface area contributed by atoms with Gasteiger partial charge in [-0.05, 0) is 105 Å². The molecule has 2 aromatic carbocycles. The smallest absolute Gasteiger partial charge is 0.322 e. The third-order valence-corrected chi connectivity index (χ3v) is 7.93. The SMILES string of the molecule is CC1(Oc2ccccc2)CCN(C(C)(C)CO)CC1.CC1(Oc2ccccc2)CCNCC1.COC(=O)C(C)(C)Br.Cl. The van der Waals surface area contributed by atoms with Crippen molar-refractivity contribution >= 4 is 34.3 Å². The maximum atomic E-state index is 10.6. The lowest BCUT2D eigenvalue weighted by Crippen LogP contribution is -2.54. The molecule has 0 bridgehead atoms. The van der Waals surface area contributed by atoms with Gasteiger partial charge >= 0.3 is 5.97 Å². The molecule has 2 aliphatic rings. The molecule has 0 aromatic heterocycles. The normalized spacial score (nSPS) is 18.0. The lowest BCUT2D eigenvalue weighted by molar-refractivity contribution is -0.142. The number of piperidine rings is 2. The predicted molar refractivity (Wildman–Crippen MR) is 177 cm³/mol. The van der Waals surface area contributed by atoms with Crippen LogP contribution < -0.4 is 14.8 Å². The van der Waals surface area contributed by atoms with Gasteiger partial charge in [0.05, 0.1) is 13.7 Å². The third kappa shape index (κ3) is 13.2. The van der Waals surface area contributed by atoms with Crippen LogP contribution in [0.3, 0.4) is 0 Å². The molecule has 0 unspecified atom stereocenters. The summed E-state index contributed by atoms with van der Waals surface area (Å²) in [5.74, 6) is 1.68. The van der Waals surface area contributed by atoms with Crippen LogP contribution in [0.15, 0.2) is 60.7 Å². The van der Waals surface area contributed by atoms with E-state index in [0.717, 1.165) is 63.4 Å². The molecule has 2 saturated heterocycles. The van der Waals surface area contributed by atoms with Crippen molar-refractivity contribution in [2.75, 3.05) is 39.9 Å². The number of rotatable bonds is 7. The van der Waals surface area contributed by atoms with Crippen LogP contribution in [0.25, 0.3) is 0 Å². The van der Waals surface area contributed by atoms with Crippen molar-refractivity contribution in [1.82, 2.24) is 10.2 Å². The summed E-state index contributed by atoms with van der Waals surface area (Å²) >= 11 is 3.13. The van der Waals surface area contributed by atoms with Crippen molar-refractivity contribution < 1.29 is 24.1 Å². The first-order valence-electron chi connectivity index (χ1n) is 14.5. The minimum Gasteiger partial charge on any atom is -0.487 e. The molecule has 0 amide bonds. The van der Waals surface area contributed by atoms with E-state index in [-0.39, 0.29) is 41.7 Å². The Balaban J connectivity index is 0.000000338. The number of likely N-dealkylation sites (tertiary alicyclic amines) is 1. The first-order chi connectivity index (χ1) is 19.2. The summed E-state index contributed by atoms with van der Waals surface area (Å²) in [6.45, 7) is 16.3. The van der Waals surface area contributed by atoms with E-state index in [2.05, 4.69) is 58.6 Å². The number of ether oxygens (including phenoxy) is 3. The molecule has 4 rings (SSSR count). The molecule has 2 fully saturated rings. The van der Waals surface area contributed by atoms with Crippen LogP contribution in [0.4, 0.5) is 0 Å². The molecule has 2 aromatic rings. The van der Waals surface area contributed by atoms with Crippen LogP contribution in [0.1, 0.15) is 67.2 Å². The van der Waals surface area contributed by atoms with Gasteiger partial charge in [0.15, 0.2) is 0 Å². The fourth-order valence-electron chi connectivity index (χ4n) is 4.63. The van der Waals surface area contributed by atoms with Gasteiger partial charge in [-0.15, -0.1) is 12.4 Å². The number of carbonyl (C=O) groups is 1. The summed E-state index contributed by atoms with van der Waals surface area (Å²) in [4.78, 5) is 12.9. The number of hydrogen-bond acceptors (Lipinski definition) is 7. The largest absolute Gasteiger partial charge is 0.487 e. The van der Waals surface area contributed by atoms with Crippen LogP contribution in [0.2, 0.25) is 0 Å². The molecule has 2 heterocycles. The molecule has 7 nitrogen and oxygen atoms in total. The third-order valence-electron chi connectivity index (χ3n) is 7.61. The monoisotopic (exact) mass is 670 g/mol. The van der Waals surface area contributed by atoms with Crippen LogP contribution in [0, 0.1) is 0 Å². The molecule has 42 heavy (non-hydrogen) atoms. The number of hydrogen-bond donors (Lipinski definition) is 2. The summed E-state index contributed by atoms with van der Waals surface area (Å²) in [7, 11) is 1.37. The zero-order valence-corrected chi connectivity index (χ0v) is 28.9. The fraction of sp³-hybridized carbons (Fsp3) is 0.606. The maximum Gasteiger partial charge on any atom is 0.322 e. The van der Waals surface area contributed by atoms with Gasteiger partial charge in [0.2, 0.25) is 0 Å². The number of alkyl halides is 1. The minimum atomic E-state index is -0.540. The van der Waals surface area contributed by atoms with E-state index in [0.29, 0.717) is 0 Å². The van der Waals surface area contributed by atoms with E-state index in [1.807, 2.05) is 60.7 Å². The van der Waals surface area contributed by atoms with E-state index in [1.165, 1.54) is 7.11 Å². The van der Waals surface area contributed by atoms with Gasteiger partial charge in [-0.2, -0.15) is 0 Å². The average molecular weight is 672 g/mol. The van der Waals surface area contributed by atoms with Gasteiger partial charge in [-0.3, -0.25) is 9.69 Å². The number of halogens is 2. The lowest BCUT2D eigenvalue weighted by Gasteiger charge is -2.45. The quantitative estimate of drug-likeness (QED) is 0.252. The van der Waals surface area contributed by atoms with Crippen molar-refractivity contribution in [3.8, 4) is 11.5 Å². The van der Waals surface area contributed by atoms with Gasteiger partial charge in [0.1, 0.15) is 27.0 Å². The Morgan fingerprint density at radius 3 is 1.60 bits per heavy atom. The zero-order valence-electron chi connectivity index (χ0n) is 26.5. The highest BCUT2D eigenvalue weighted by molar-refractivity contribution is 9.10. The molecule has 0 spiro atoms. The topological polar surface area (TPSA) is 80.3 Å². The molecule has 2 aliphatic heterocycles. The number of nitrogens with one attached hydrogen (secondary N) is 1. The Kier molecular flexibility index (Phi) is 15.9. The second-order valence-electron chi connectivity index (χ2n) is 12.4. The summed E-state index contributed by atoms with van der Waals surface area (Å²) in [6.07, 6.45) is 4.15. The van der Waals surface area contributed by atoms with Crippen LogP contribution in [-0.4, -0.2) is 76.9 Å². The Labute approximate surface area is 268 Å². The average Bonchev–Trinajstić information content (AvgIpc) is 2.94. The van der Waals surface area contributed by atoms with E-state index in [9.17, 15) is 9.90 Å². The Morgan fingerprint density at radius 1 is 0.857 bits per heavy atom. The second-order valence-corrected chi connectivity index (χ2v) is 14.4. The standard InChI is InChI=1S/C16H25NO2.C12H17NO.C5H9BrO2.ClH/c1-15(2,13-18)17-11-9-16(3,10-12-17)19-14-7-5-4-6-8-14;1-12(7-9-13-10-8-12)14-11-5-3-2-4-6-11;1-5(2,6)4(7)8-3;/h4-8,18H,9-13H2,1-3H3;2-6,13H,7-10H2,1H3;1-3H3;1H. The van der Waals surface area contributed by atoms with Crippen LogP contribution in [-0.2, 0) is 9.53 Å². The van der Waals surface area contributed by atoms with Crippen molar-refractivity contribution in [3.63, 3.8) is 0 Å². The van der Waals surface area contributed by atoms with Crippen molar-refractivity contribution in [3.05, 3.63) is 60.7 Å². The predicted octanol–water partition coefficient (Wildman–Crippen LogP) is 6.65. The zero-order chi connectivity index (χ0) is 30.6. The van der Waals surface area contributed by atoms with Gasteiger partial charge in [-0.25, -0.2) is 0 Å². The Morgan fingerprint density at radius 2 is 1.26 bits per heavy atom. The number of methoxy groups -OCH3 is 1. The van der Waals surface area contributed by atoms with Crippen molar-refractivity contribution in [1.29, 1.82) is 0 Å². The van der Waals surface area contributed by atoms with Gasteiger partial charge in [0.25, 0.3) is 0 Å². The second kappa shape index (κ2) is 17.5. The number of esters is 1. The highest BCUT2D eigenvalue weighted by Gasteiger charge is 2.37.